The number of benzene rings is 2. The number of aryl methyl sites for hydroxylation is 1. The van der Waals surface area contributed by atoms with Gasteiger partial charge in [0.2, 0.25) is 0 Å². The number of para-hydroxylation sites is 2. The van der Waals surface area contributed by atoms with Crippen LogP contribution in [-0.2, 0) is 28.5 Å². The third-order valence-corrected chi connectivity index (χ3v) is 5.21. The molecular weight excluding hydrogens is 409 g/mol. The fourth-order valence-corrected chi connectivity index (χ4v) is 3.83. The molecule has 2 aromatic carbocycles. The van der Waals surface area contributed by atoms with Gasteiger partial charge >= 0.3 is 12.1 Å². The first-order valence-corrected chi connectivity index (χ1v) is 9.88. The zero-order valence-electron chi connectivity index (χ0n) is 16.5. The first-order valence-electron chi connectivity index (χ1n) is 9.88. The average Bonchev–Trinajstić information content (AvgIpc) is 2.75. The van der Waals surface area contributed by atoms with Crippen LogP contribution in [0, 0.1) is 0 Å². The highest BCUT2D eigenvalue weighted by Crippen LogP contribution is 2.34. The molecule has 0 fully saturated rings. The van der Waals surface area contributed by atoms with Gasteiger partial charge in [-0.15, -0.1) is 0 Å². The molecule has 1 aliphatic carbocycles. The first-order chi connectivity index (χ1) is 14.8. The van der Waals surface area contributed by atoms with Crippen LogP contribution in [0.15, 0.2) is 48.5 Å². The Morgan fingerprint density at radius 3 is 2.52 bits per heavy atom. The molecule has 1 N–H and O–H groups in total. The summed E-state index contributed by atoms with van der Waals surface area (Å²) in [4.78, 5) is 29.8. The Morgan fingerprint density at radius 1 is 1.00 bits per heavy atom. The molecule has 0 bridgehead atoms. The molecule has 3 aromatic rings. The molecule has 0 saturated heterocycles. The lowest BCUT2D eigenvalue weighted by Crippen LogP contribution is -2.24. The van der Waals surface area contributed by atoms with Crippen LogP contribution in [0.1, 0.15) is 40.0 Å². The van der Waals surface area contributed by atoms with E-state index in [1.165, 1.54) is 12.1 Å². The second-order valence-electron chi connectivity index (χ2n) is 7.30. The van der Waals surface area contributed by atoms with Gasteiger partial charge in [-0.3, -0.25) is 9.78 Å². The number of carbonyl (C=O) groups excluding carboxylic acids is 2. The predicted octanol–water partition coefficient (Wildman–Crippen LogP) is 4.93. The van der Waals surface area contributed by atoms with E-state index in [9.17, 15) is 22.8 Å². The number of fused-ring (bicyclic) bond motifs is 2. The number of nitrogens with zero attached hydrogens (tertiary/aromatic N) is 1. The summed E-state index contributed by atoms with van der Waals surface area (Å²) in [6.45, 7) is -0.698. The quantitative estimate of drug-likeness (QED) is 0.599. The Labute approximate surface area is 176 Å². The molecule has 8 heteroatoms. The van der Waals surface area contributed by atoms with Gasteiger partial charge in [-0.25, -0.2) is 4.79 Å². The zero-order valence-corrected chi connectivity index (χ0v) is 16.5. The maximum Gasteiger partial charge on any atom is 0.418 e. The minimum absolute atomic E-state index is 0.379. The van der Waals surface area contributed by atoms with E-state index < -0.39 is 30.2 Å². The topological polar surface area (TPSA) is 68.3 Å². The number of ether oxygens (including phenoxy) is 1. The maximum atomic E-state index is 13.1. The van der Waals surface area contributed by atoms with Gasteiger partial charge in [0.25, 0.3) is 5.91 Å². The van der Waals surface area contributed by atoms with E-state index >= 15 is 0 Å². The van der Waals surface area contributed by atoms with Gasteiger partial charge < -0.3 is 10.1 Å². The Balaban J connectivity index is 1.54. The van der Waals surface area contributed by atoms with Crippen molar-refractivity contribution < 1.29 is 27.5 Å². The number of halogens is 3. The van der Waals surface area contributed by atoms with Crippen molar-refractivity contribution in [1.29, 1.82) is 0 Å². The lowest BCUT2D eigenvalue weighted by atomic mass is 9.90. The van der Waals surface area contributed by atoms with E-state index in [4.69, 9.17) is 4.74 Å². The minimum Gasteiger partial charge on any atom is -0.452 e. The summed E-state index contributed by atoms with van der Waals surface area (Å²) >= 11 is 0. The molecule has 0 unspecified atom stereocenters. The van der Waals surface area contributed by atoms with Crippen molar-refractivity contribution in [3.05, 3.63) is 70.9 Å². The van der Waals surface area contributed by atoms with Gasteiger partial charge in [0, 0.05) is 11.1 Å². The van der Waals surface area contributed by atoms with Gasteiger partial charge in [0.15, 0.2) is 6.61 Å². The van der Waals surface area contributed by atoms with Crippen molar-refractivity contribution in [2.45, 2.75) is 31.9 Å². The lowest BCUT2D eigenvalue weighted by Gasteiger charge is -2.20. The fourth-order valence-electron chi connectivity index (χ4n) is 3.83. The van der Waals surface area contributed by atoms with Crippen molar-refractivity contribution in [1.82, 2.24) is 4.98 Å². The summed E-state index contributed by atoms with van der Waals surface area (Å²) < 4.78 is 44.5. The number of nitrogens with one attached hydrogen (secondary N) is 1. The fraction of sp³-hybridized carbons (Fsp3) is 0.261. The van der Waals surface area contributed by atoms with Crippen LogP contribution in [0.5, 0.6) is 0 Å². The van der Waals surface area contributed by atoms with Crippen molar-refractivity contribution in [3.8, 4) is 0 Å². The monoisotopic (exact) mass is 428 g/mol. The number of anilines is 1. The van der Waals surface area contributed by atoms with Crippen LogP contribution < -0.4 is 5.32 Å². The number of hydrogen-bond acceptors (Lipinski definition) is 4. The Hall–Kier alpha value is -3.42. The zero-order chi connectivity index (χ0) is 22.0. The highest BCUT2D eigenvalue weighted by atomic mass is 19.4. The highest BCUT2D eigenvalue weighted by Gasteiger charge is 2.33. The molecule has 5 nitrogen and oxygen atoms in total. The van der Waals surface area contributed by atoms with E-state index in [1.807, 2.05) is 12.1 Å². The molecule has 0 atom stereocenters. The molecule has 1 amide bonds. The first kappa shape index (κ1) is 20.8. The number of alkyl halides is 3. The SMILES string of the molecule is O=C(COC(=O)c1c2c(nc3ccccc13)CCCC2)Nc1ccccc1C(F)(F)F. The Morgan fingerprint density at radius 2 is 1.71 bits per heavy atom. The van der Waals surface area contributed by atoms with Crippen LogP contribution in [0.25, 0.3) is 10.9 Å². The van der Waals surface area contributed by atoms with E-state index in [-0.39, 0.29) is 5.69 Å². The number of aromatic nitrogens is 1. The summed E-state index contributed by atoms with van der Waals surface area (Å²) in [5.41, 5.74) is 1.35. The molecule has 0 aliphatic heterocycles. The van der Waals surface area contributed by atoms with Gasteiger partial charge in [0.05, 0.1) is 22.3 Å². The number of carbonyl (C=O) groups is 2. The molecular formula is C23H19F3N2O3. The standard InChI is InChI=1S/C23H19F3N2O3/c24-23(25,26)16-9-3-6-12-19(16)28-20(29)13-31-22(30)21-14-7-1-4-10-17(14)27-18-11-5-2-8-15(18)21/h1,3-4,6-7,9-10,12H,2,5,8,11,13H2,(H,28,29). The number of rotatable bonds is 4. The van der Waals surface area contributed by atoms with Crippen molar-refractivity contribution in [2.24, 2.45) is 0 Å². The summed E-state index contributed by atoms with van der Waals surface area (Å²) in [6, 6.07) is 11.8. The molecule has 0 spiro atoms. The van der Waals surface area contributed by atoms with E-state index in [0.29, 0.717) is 22.9 Å². The Bertz CT molecular complexity index is 1160. The van der Waals surface area contributed by atoms with Gasteiger partial charge in [0.1, 0.15) is 0 Å². The highest BCUT2D eigenvalue weighted by molar-refractivity contribution is 6.06. The summed E-state index contributed by atoms with van der Waals surface area (Å²) in [6.07, 6.45) is -1.27. The van der Waals surface area contributed by atoms with E-state index in [2.05, 4.69) is 10.3 Å². The van der Waals surface area contributed by atoms with Crippen LogP contribution in [0.2, 0.25) is 0 Å². The molecule has 0 radical (unpaired) electrons. The number of pyridine rings is 1. The lowest BCUT2D eigenvalue weighted by molar-refractivity contribution is -0.137. The second kappa shape index (κ2) is 8.37. The summed E-state index contributed by atoms with van der Waals surface area (Å²) in [5.74, 6) is -1.53. The van der Waals surface area contributed by atoms with Crippen molar-refractivity contribution in [3.63, 3.8) is 0 Å². The number of esters is 1. The van der Waals surface area contributed by atoms with Gasteiger partial charge in [-0.1, -0.05) is 30.3 Å². The average molecular weight is 428 g/mol. The summed E-state index contributed by atoms with van der Waals surface area (Å²) in [7, 11) is 0. The molecule has 160 valence electrons. The molecule has 31 heavy (non-hydrogen) atoms. The van der Waals surface area contributed by atoms with E-state index in [0.717, 1.165) is 42.7 Å². The minimum atomic E-state index is -4.62. The third-order valence-electron chi connectivity index (χ3n) is 5.21. The largest absolute Gasteiger partial charge is 0.452 e. The van der Waals surface area contributed by atoms with E-state index in [1.54, 1.807) is 12.1 Å². The molecule has 1 aromatic heterocycles. The molecule has 1 heterocycles. The maximum absolute atomic E-state index is 13.1. The number of hydrogen-bond donors (Lipinski definition) is 1. The van der Waals surface area contributed by atoms with Gasteiger partial charge in [-0.2, -0.15) is 13.2 Å². The second-order valence-corrected chi connectivity index (χ2v) is 7.30. The third kappa shape index (κ3) is 4.38. The molecule has 1 aliphatic rings. The van der Waals surface area contributed by atoms with Crippen LogP contribution >= 0.6 is 0 Å². The Kier molecular flexibility index (Phi) is 5.63. The molecule has 0 saturated carbocycles. The number of amides is 1. The van der Waals surface area contributed by atoms with Gasteiger partial charge in [-0.05, 0) is 49.4 Å². The van der Waals surface area contributed by atoms with Crippen LogP contribution in [-0.4, -0.2) is 23.5 Å². The van der Waals surface area contributed by atoms with Crippen LogP contribution in [0.3, 0.4) is 0 Å². The summed E-state index contributed by atoms with van der Waals surface area (Å²) in [5, 5.41) is 2.81. The predicted molar refractivity (Wildman–Crippen MR) is 109 cm³/mol. The van der Waals surface area contributed by atoms with Crippen molar-refractivity contribution >= 4 is 28.5 Å². The molecule has 4 rings (SSSR count). The smallest absolute Gasteiger partial charge is 0.418 e. The van der Waals surface area contributed by atoms with Crippen LogP contribution in [0.4, 0.5) is 18.9 Å². The van der Waals surface area contributed by atoms with Crippen molar-refractivity contribution in [2.75, 3.05) is 11.9 Å². The normalized spacial score (nSPS) is 13.5.